The monoisotopic (exact) mass is 444 g/mol. The van der Waals surface area contributed by atoms with Gasteiger partial charge in [-0.15, -0.1) is 0 Å². The number of hydrogen-bond donors (Lipinski definition) is 7. The highest BCUT2D eigenvalue weighted by Crippen LogP contribution is 2.08. The number of unbranched alkanes of at least 4 members (excludes halogenated alkanes) is 1. The first kappa shape index (κ1) is 28.3. The van der Waals surface area contributed by atoms with Crippen molar-refractivity contribution in [2.75, 3.05) is 13.1 Å². The zero-order chi connectivity index (χ0) is 24.0. The third-order valence-electron chi connectivity index (χ3n) is 4.37. The molecule has 0 saturated carbocycles. The second-order valence-corrected chi connectivity index (χ2v) is 7.76. The Morgan fingerprint density at radius 3 is 2.03 bits per heavy atom. The summed E-state index contributed by atoms with van der Waals surface area (Å²) in [6.45, 7) is 3.56. The molecule has 0 aliphatic heterocycles. The average Bonchev–Trinajstić information content (AvgIpc) is 2.67. The largest absolute Gasteiger partial charge is 0.480 e. The fraction of sp³-hybridized carbons (Fsp3) is 0.737. The van der Waals surface area contributed by atoms with Crippen molar-refractivity contribution in [2.45, 2.75) is 70.5 Å². The SMILES string of the molecule is CC(C)CC(NC(=O)C(N)CCCCN)C(=O)NC(CCC(N)=O)C(=O)NCC(=O)O. The first-order valence-corrected chi connectivity index (χ1v) is 10.3. The van der Waals surface area contributed by atoms with Gasteiger partial charge in [-0.3, -0.25) is 24.0 Å². The first-order valence-electron chi connectivity index (χ1n) is 10.3. The van der Waals surface area contributed by atoms with Crippen LogP contribution in [0.3, 0.4) is 0 Å². The second-order valence-electron chi connectivity index (χ2n) is 7.76. The molecule has 0 aromatic heterocycles. The Labute approximate surface area is 182 Å². The lowest BCUT2D eigenvalue weighted by Gasteiger charge is -2.25. The predicted octanol–water partition coefficient (Wildman–Crippen LogP) is -2.08. The van der Waals surface area contributed by atoms with E-state index in [2.05, 4.69) is 16.0 Å². The molecule has 0 saturated heterocycles. The molecule has 0 aromatic rings. The maximum absolute atomic E-state index is 12.8. The van der Waals surface area contributed by atoms with Crippen LogP contribution in [0, 0.1) is 5.92 Å². The van der Waals surface area contributed by atoms with Crippen molar-refractivity contribution in [3.05, 3.63) is 0 Å². The Balaban J connectivity index is 5.21. The zero-order valence-electron chi connectivity index (χ0n) is 18.2. The molecular weight excluding hydrogens is 408 g/mol. The molecule has 31 heavy (non-hydrogen) atoms. The van der Waals surface area contributed by atoms with Crippen LogP contribution in [0.15, 0.2) is 0 Å². The minimum absolute atomic E-state index is 0.0365. The molecular formula is C19H36N6O6. The molecule has 0 fully saturated rings. The summed E-state index contributed by atoms with van der Waals surface area (Å²) in [5, 5.41) is 16.0. The lowest BCUT2D eigenvalue weighted by molar-refractivity contribution is -0.138. The molecule has 10 N–H and O–H groups in total. The summed E-state index contributed by atoms with van der Waals surface area (Å²) < 4.78 is 0. The van der Waals surface area contributed by atoms with Crippen LogP contribution in [0.5, 0.6) is 0 Å². The van der Waals surface area contributed by atoms with Crippen molar-refractivity contribution in [3.8, 4) is 0 Å². The first-order chi connectivity index (χ1) is 14.5. The van der Waals surface area contributed by atoms with E-state index in [1.165, 1.54) is 0 Å². The third kappa shape index (κ3) is 13.2. The number of aliphatic carboxylic acids is 1. The molecule has 0 rings (SSSR count). The van der Waals surface area contributed by atoms with Crippen LogP contribution in [-0.2, 0) is 24.0 Å². The molecule has 4 amide bonds. The molecule has 0 bridgehead atoms. The number of carboxylic acids is 1. The van der Waals surface area contributed by atoms with E-state index >= 15 is 0 Å². The fourth-order valence-electron chi connectivity index (χ4n) is 2.74. The molecule has 0 aliphatic rings. The van der Waals surface area contributed by atoms with Crippen LogP contribution in [0.25, 0.3) is 0 Å². The normalized spacial score (nSPS) is 13.7. The van der Waals surface area contributed by atoms with Gasteiger partial charge in [-0.2, -0.15) is 0 Å². The van der Waals surface area contributed by atoms with Gasteiger partial charge in [0.25, 0.3) is 0 Å². The second kappa shape index (κ2) is 15.1. The van der Waals surface area contributed by atoms with E-state index < -0.39 is 54.3 Å². The Morgan fingerprint density at radius 2 is 1.52 bits per heavy atom. The van der Waals surface area contributed by atoms with E-state index in [9.17, 15) is 24.0 Å². The molecule has 0 heterocycles. The van der Waals surface area contributed by atoms with E-state index in [-0.39, 0.29) is 25.2 Å². The van der Waals surface area contributed by atoms with E-state index in [1.54, 1.807) is 0 Å². The smallest absolute Gasteiger partial charge is 0.322 e. The van der Waals surface area contributed by atoms with Gasteiger partial charge in [0.15, 0.2) is 0 Å². The highest BCUT2D eigenvalue weighted by molar-refractivity contribution is 5.93. The van der Waals surface area contributed by atoms with Crippen molar-refractivity contribution in [2.24, 2.45) is 23.1 Å². The van der Waals surface area contributed by atoms with Crippen LogP contribution < -0.4 is 33.2 Å². The zero-order valence-corrected chi connectivity index (χ0v) is 18.2. The number of carbonyl (C=O) groups is 5. The van der Waals surface area contributed by atoms with Crippen LogP contribution in [-0.4, -0.2) is 65.9 Å². The maximum Gasteiger partial charge on any atom is 0.322 e. The summed E-state index contributed by atoms with van der Waals surface area (Å²) in [5.74, 6) is -3.82. The third-order valence-corrected chi connectivity index (χ3v) is 4.37. The van der Waals surface area contributed by atoms with Crippen molar-refractivity contribution in [1.82, 2.24) is 16.0 Å². The lowest BCUT2D eigenvalue weighted by atomic mass is 10.0. The summed E-state index contributed by atoms with van der Waals surface area (Å²) in [4.78, 5) is 59.2. The van der Waals surface area contributed by atoms with Gasteiger partial charge in [0.05, 0.1) is 6.04 Å². The summed E-state index contributed by atoms with van der Waals surface area (Å²) in [6.07, 6.45) is 1.78. The molecule has 3 atom stereocenters. The van der Waals surface area contributed by atoms with E-state index in [1.807, 2.05) is 13.8 Å². The van der Waals surface area contributed by atoms with Crippen molar-refractivity contribution >= 4 is 29.6 Å². The Bertz CT molecular complexity index is 627. The van der Waals surface area contributed by atoms with Gasteiger partial charge in [0, 0.05) is 6.42 Å². The molecule has 0 aromatic carbocycles. The predicted molar refractivity (Wildman–Crippen MR) is 113 cm³/mol. The van der Waals surface area contributed by atoms with E-state index in [0.717, 1.165) is 6.42 Å². The number of carbonyl (C=O) groups excluding carboxylic acids is 4. The number of hydrogen-bond acceptors (Lipinski definition) is 7. The Kier molecular flexibility index (Phi) is 13.8. The van der Waals surface area contributed by atoms with Crippen molar-refractivity contribution in [1.29, 1.82) is 0 Å². The van der Waals surface area contributed by atoms with Crippen LogP contribution in [0.2, 0.25) is 0 Å². The van der Waals surface area contributed by atoms with Crippen LogP contribution in [0.1, 0.15) is 52.4 Å². The van der Waals surface area contributed by atoms with Gasteiger partial charge in [-0.1, -0.05) is 20.3 Å². The highest BCUT2D eigenvalue weighted by Gasteiger charge is 2.29. The number of nitrogens with one attached hydrogen (secondary N) is 3. The fourth-order valence-corrected chi connectivity index (χ4v) is 2.74. The van der Waals surface area contributed by atoms with Crippen LogP contribution >= 0.6 is 0 Å². The quantitative estimate of drug-likeness (QED) is 0.131. The highest BCUT2D eigenvalue weighted by atomic mass is 16.4. The molecule has 0 radical (unpaired) electrons. The van der Waals surface area contributed by atoms with Gasteiger partial charge in [-0.05, 0) is 38.1 Å². The molecule has 12 nitrogen and oxygen atoms in total. The van der Waals surface area contributed by atoms with E-state index in [0.29, 0.717) is 19.4 Å². The van der Waals surface area contributed by atoms with Crippen LogP contribution in [0.4, 0.5) is 0 Å². The number of rotatable bonds is 16. The number of primary amides is 1. The summed E-state index contributed by atoms with van der Waals surface area (Å²) >= 11 is 0. The topological polar surface area (TPSA) is 220 Å². The summed E-state index contributed by atoms with van der Waals surface area (Å²) in [5.41, 5.74) is 16.4. The van der Waals surface area contributed by atoms with Gasteiger partial charge < -0.3 is 38.3 Å². The molecule has 178 valence electrons. The number of carboxylic acid groups (broad SMARTS) is 1. The average molecular weight is 445 g/mol. The van der Waals surface area contributed by atoms with Gasteiger partial charge in [0.2, 0.25) is 23.6 Å². The molecule has 0 spiro atoms. The molecule has 12 heteroatoms. The summed E-state index contributed by atoms with van der Waals surface area (Å²) in [7, 11) is 0. The standard InChI is InChI=1S/C19H36N6O6/c1-11(2)9-14(25-17(29)12(21)5-3-4-8-20)19(31)24-13(6-7-15(22)26)18(30)23-10-16(27)28/h11-14H,3-10,20-21H2,1-2H3,(H2,22,26)(H,23,30)(H,24,31)(H,25,29)(H,27,28). The van der Waals surface area contributed by atoms with E-state index in [4.69, 9.17) is 22.3 Å². The Morgan fingerprint density at radius 1 is 0.903 bits per heavy atom. The van der Waals surface area contributed by atoms with Gasteiger partial charge >= 0.3 is 5.97 Å². The Hall–Kier alpha value is -2.73. The van der Waals surface area contributed by atoms with Crippen molar-refractivity contribution in [3.63, 3.8) is 0 Å². The number of amides is 4. The summed E-state index contributed by atoms with van der Waals surface area (Å²) in [6, 6.07) is -2.96. The maximum atomic E-state index is 12.8. The minimum Gasteiger partial charge on any atom is -0.480 e. The van der Waals surface area contributed by atoms with Gasteiger partial charge in [0.1, 0.15) is 18.6 Å². The molecule has 0 aliphatic carbocycles. The van der Waals surface area contributed by atoms with Crippen molar-refractivity contribution < 1.29 is 29.1 Å². The van der Waals surface area contributed by atoms with Gasteiger partial charge in [-0.25, -0.2) is 0 Å². The minimum atomic E-state index is -1.26. The lowest BCUT2D eigenvalue weighted by Crippen LogP contribution is -2.56. The molecule has 3 unspecified atom stereocenters. The number of nitrogens with two attached hydrogens (primary N) is 3.